The van der Waals surface area contributed by atoms with Crippen LogP contribution in [-0.4, -0.2) is 29.7 Å². The summed E-state index contributed by atoms with van der Waals surface area (Å²) in [5.41, 5.74) is 5.61. The van der Waals surface area contributed by atoms with E-state index in [0.29, 0.717) is 12.8 Å². The van der Waals surface area contributed by atoms with Crippen molar-refractivity contribution in [2.75, 3.05) is 0 Å². The second-order valence-corrected chi connectivity index (χ2v) is 7.29. The highest BCUT2D eigenvalue weighted by Crippen LogP contribution is 2.29. The van der Waals surface area contributed by atoms with Gasteiger partial charge in [0, 0.05) is 0 Å². The molecule has 0 radical (unpaired) electrons. The first-order valence-corrected chi connectivity index (χ1v) is 6.52. The molecule has 1 rings (SSSR count). The molecule has 0 amide bonds. The number of nitrogens with two attached hydrogens (primary N) is 1. The zero-order chi connectivity index (χ0) is 11.0. The van der Waals surface area contributed by atoms with Crippen LogP contribution in [0.15, 0.2) is 0 Å². The lowest BCUT2D eigenvalue weighted by Crippen LogP contribution is -2.51. The topological polar surface area (TPSA) is 80.4 Å². The summed E-state index contributed by atoms with van der Waals surface area (Å²) >= 11 is 0. The van der Waals surface area contributed by atoms with Crippen molar-refractivity contribution in [2.24, 2.45) is 5.73 Å². The van der Waals surface area contributed by atoms with Gasteiger partial charge >= 0.3 is 0 Å². The summed E-state index contributed by atoms with van der Waals surface area (Å²) < 4.78 is 23.9. The Morgan fingerprint density at radius 2 is 1.79 bits per heavy atom. The van der Waals surface area contributed by atoms with Crippen LogP contribution >= 0.6 is 0 Å². The molecule has 0 aromatic rings. The highest BCUT2D eigenvalue weighted by molar-refractivity contribution is 7.93. The molecule has 0 bridgehead atoms. The van der Waals surface area contributed by atoms with Gasteiger partial charge in [-0.1, -0.05) is 12.8 Å². The lowest BCUT2D eigenvalue weighted by atomic mass is 9.97. The molecule has 3 N–H and O–H groups in total. The fourth-order valence-corrected chi connectivity index (χ4v) is 3.64. The van der Waals surface area contributed by atoms with Crippen molar-refractivity contribution >= 4 is 9.84 Å². The molecule has 0 aromatic carbocycles. The fraction of sp³-hybridized carbons (Fsp3) is 1.00. The Kier molecular flexibility index (Phi) is 3.23. The molecule has 2 atom stereocenters. The van der Waals surface area contributed by atoms with Crippen molar-refractivity contribution in [2.45, 2.75) is 55.8 Å². The van der Waals surface area contributed by atoms with Crippen LogP contribution in [0.4, 0.5) is 0 Å². The highest BCUT2D eigenvalue weighted by atomic mass is 32.2. The summed E-state index contributed by atoms with van der Waals surface area (Å²) in [5, 5.41) is 8.96. The predicted molar refractivity (Wildman–Crippen MR) is 55.4 cm³/mol. The molecule has 1 fully saturated rings. The van der Waals surface area contributed by atoms with Crippen molar-refractivity contribution in [1.29, 1.82) is 0 Å². The minimum atomic E-state index is -3.42. The first kappa shape index (κ1) is 11.9. The molecule has 4 nitrogen and oxygen atoms in total. The van der Waals surface area contributed by atoms with E-state index in [2.05, 4.69) is 0 Å². The average molecular weight is 221 g/mol. The normalized spacial score (nSPS) is 30.3. The van der Waals surface area contributed by atoms with Crippen LogP contribution in [0.1, 0.15) is 39.5 Å². The van der Waals surface area contributed by atoms with E-state index < -0.39 is 26.1 Å². The summed E-state index contributed by atoms with van der Waals surface area (Å²) in [6, 6.07) is 0. The quantitative estimate of drug-likeness (QED) is 0.707. The van der Waals surface area contributed by atoms with Gasteiger partial charge in [0.25, 0.3) is 0 Å². The van der Waals surface area contributed by atoms with Gasteiger partial charge in [0.05, 0.1) is 11.4 Å². The summed E-state index contributed by atoms with van der Waals surface area (Å²) in [5.74, 6) is 0. The number of rotatable bonds is 2. The minimum Gasteiger partial charge on any atom is -0.392 e. The second kappa shape index (κ2) is 3.79. The Morgan fingerprint density at radius 1 is 1.29 bits per heavy atom. The summed E-state index contributed by atoms with van der Waals surface area (Å²) in [4.78, 5) is -1.25. The number of sulfone groups is 1. The Morgan fingerprint density at radius 3 is 2.21 bits per heavy atom. The highest BCUT2D eigenvalue weighted by Gasteiger charge is 2.42. The Balaban J connectivity index is 2.92. The number of hydrogen-bond donors (Lipinski definition) is 2. The van der Waals surface area contributed by atoms with Crippen molar-refractivity contribution in [3.8, 4) is 0 Å². The van der Waals surface area contributed by atoms with Crippen molar-refractivity contribution < 1.29 is 13.5 Å². The smallest absolute Gasteiger partial charge is 0.173 e. The molecule has 5 heteroatoms. The van der Waals surface area contributed by atoms with Gasteiger partial charge in [-0.3, -0.25) is 0 Å². The SMILES string of the molecule is CC(C)(N)S(=O)(=O)[C@@H]1CCCCC1O. The minimum absolute atomic E-state index is 0.532. The largest absolute Gasteiger partial charge is 0.392 e. The zero-order valence-corrected chi connectivity index (χ0v) is 9.55. The van der Waals surface area contributed by atoms with Gasteiger partial charge in [0.15, 0.2) is 9.84 Å². The van der Waals surface area contributed by atoms with E-state index in [1.54, 1.807) is 0 Å². The Labute approximate surface area is 85.4 Å². The van der Waals surface area contributed by atoms with Crippen LogP contribution in [-0.2, 0) is 9.84 Å². The van der Waals surface area contributed by atoms with Gasteiger partial charge in [-0.15, -0.1) is 0 Å². The van der Waals surface area contributed by atoms with Crippen LogP contribution in [0.25, 0.3) is 0 Å². The van der Waals surface area contributed by atoms with Crippen LogP contribution in [0.2, 0.25) is 0 Å². The summed E-state index contributed by atoms with van der Waals surface area (Å²) in [6.45, 7) is 2.95. The van der Waals surface area contributed by atoms with Crippen molar-refractivity contribution in [3.05, 3.63) is 0 Å². The molecule has 0 aromatic heterocycles. The van der Waals surface area contributed by atoms with Gasteiger partial charge in [-0.25, -0.2) is 8.42 Å². The second-order valence-electron chi connectivity index (χ2n) is 4.54. The molecule has 0 heterocycles. The van der Waals surface area contributed by atoms with Crippen molar-refractivity contribution in [1.82, 2.24) is 0 Å². The Hall–Kier alpha value is -0.130. The fourth-order valence-electron chi connectivity index (χ4n) is 1.83. The molecular weight excluding hydrogens is 202 g/mol. The molecule has 1 aliphatic rings. The average Bonchev–Trinajstić information content (AvgIpc) is 2.02. The molecule has 84 valence electrons. The zero-order valence-electron chi connectivity index (χ0n) is 8.73. The number of hydrogen-bond acceptors (Lipinski definition) is 4. The van der Waals surface area contributed by atoms with Gasteiger partial charge < -0.3 is 10.8 Å². The molecule has 1 saturated carbocycles. The summed E-state index contributed by atoms with van der Waals surface area (Å²) in [6.07, 6.45) is 2.12. The number of aliphatic hydroxyl groups is 1. The van der Waals surface area contributed by atoms with E-state index in [4.69, 9.17) is 5.73 Å². The van der Waals surface area contributed by atoms with E-state index >= 15 is 0 Å². The third-order valence-corrected chi connectivity index (χ3v) is 5.61. The first-order chi connectivity index (χ1) is 6.27. The molecule has 1 unspecified atom stereocenters. The lowest BCUT2D eigenvalue weighted by molar-refractivity contribution is 0.132. The summed E-state index contributed by atoms with van der Waals surface area (Å²) in [7, 11) is -3.42. The first-order valence-electron chi connectivity index (χ1n) is 4.97. The van der Waals surface area contributed by atoms with Gasteiger partial charge in [0.2, 0.25) is 0 Å². The molecule has 14 heavy (non-hydrogen) atoms. The standard InChI is InChI=1S/C9H19NO3S/c1-9(2,10)14(12,13)8-6-4-3-5-7(8)11/h7-8,11H,3-6,10H2,1-2H3/t7?,8-/m1/s1. The van der Waals surface area contributed by atoms with E-state index in [0.717, 1.165) is 12.8 Å². The maximum Gasteiger partial charge on any atom is 0.173 e. The molecule has 0 saturated heterocycles. The predicted octanol–water partition coefficient (Wildman–Crippen LogP) is 0.399. The third-order valence-electron chi connectivity index (χ3n) is 2.80. The van der Waals surface area contributed by atoms with Crippen LogP contribution in [0.5, 0.6) is 0 Å². The van der Waals surface area contributed by atoms with Crippen molar-refractivity contribution in [3.63, 3.8) is 0 Å². The Bertz CT molecular complexity index is 292. The maximum atomic E-state index is 11.9. The monoisotopic (exact) mass is 221 g/mol. The van der Waals surface area contributed by atoms with E-state index in [9.17, 15) is 13.5 Å². The molecular formula is C9H19NO3S. The van der Waals surface area contributed by atoms with E-state index in [1.807, 2.05) is 0 Å². The number of aliphatic hydroxyl groups excluding tert-OH is 1. The van der Waals surface area contributed by atoms with Gasteiger partial charge in [-0.05, 0) is 26.7 Å². The third kappa shape index (κ3) is 2.10. The van der Waals surface area contributed by atoms with Gasteiger partial charge in [0.1, 0.15) is 4.87 Å². The molecule has 0 aliphatic heterocycles. The van der Waals surface area contributed by atoms with E-state index in [1.165, 1.54) is 13.8 Å². The van der Waals surface area contributed by atoms with E-state index in [-0.39, 0.29) is 0 Å². The van der Waals surface area contributed by atoms with Crippen LogP contribution < -0.4 is 5.73 Å². The van der Waals surface area contributed by atoms with Crippen LogP contribution in [0, 0.1) is 0 Å². The maximum absolute atomic E-state index is 11.9. The molecule has 1 aliphatic carbocycles. The van der Waals surface area contributed by atoms with Gasteiger partial charge in [-0.2, -0.15) is 0 Å². The lowest BCUT2D eigenvalue weighted by Gasteiger charge is -2.32. The van der Waals surface area contributed by atoms with Crippen LogP contribution in [0.3, 0.4) is 0 Å². The molecule has 0 spiro atoms.